The summed E-state index contributed by atoms with van der Waals surface area (Å²) in [6, 6.07) is 2.93. The molecule has 0 bridgehead atoms. The fourth-order valence-corrected chi connectivity index (χ4v) is 4.01. The molecule has 0 radical (unpaired) electrons. The van der Waals surface area contributed by atoms with Crippen molar-refractivity contribution in [2.75, 3.05) is 0 Å². The first-order valence-electron chi connectivity index (χ1n) is 9.26. The third-order valence-electron chi connectivity index (χ3n) is 5.30. The lowest BCUT2D eigenvalue weighted by Gasteiger charge is -2.41. The monoisotopic (exact) mass is 482 g/mol. The van der Waals surface area contributed by atoms with Gasteiger partial charge in [0, 0.05) is 6.20 Å². The first kappa shape index (κ1) is 23.7. The number of rotatable bonds is 4. The number of nitrogens with zero attached hydrogens (tertiary/aromatic N) is 1. The van der Waals surface area contributed by atoms with E-state index in [9.17, 15) is 31.9 Å². The van der Waals surface area contributed by atoms with Crippen LogP contribution in [0.15, 0.2) is 30.5 Å². The van der Waals surface area contributed by atoms with Crippen LogP contribution < -0.4 is 5.32 Å². The lowest BCUT2D eigenvalue weighted by atomic mass is 9.76. The number of aliphatic hydroxyl groups is 1. The maximum absolute atomic E-state index is 14.1. The average Bonchev–Trinajstić information content (AvgIpc) is 2.70. The highest BCUT2D eigenvalue weighted by atomic mass is 35.5. The number of alkyl halides is 4. The van der Waals surface area contributed by atoms with E-state index in [0.29, 0.717) is 12.3 Å². The predicted molar refractivity (Wildman–Crippen MR) is 104 cm³/mol. The maximum atomic E-state index is 14.1. The van der Waals surface area contributed by atoms with Crippen molar-refractivity contribution in [3.05, 3.63) is 63.1 Å². The highest BCUT2D eigenvalue weighted by molar-refractivity contribution is 6.33. The molecular formula is C20H17Cl2F5N2O2. The lowest BCUT2D eigenvalue weighted by molar-refractivity contribution is -0.137. The molecule has 0 saturated heterocycles. The Morgan fingerprint density at radius 1 is 1.26 bits per heavy atom. The summed E-state index contributed by atoms with van der Waals surface area (Å²) in [6.07, 6.45) is -5.63. The van der Waals surface area contributed by atoms with Gasteiger partial charge in [0.15, 0.2) is 0 Å². The Morgan fingerprint density at radius 3 is 2.52 bits per heavy atom. The van der Waals surface area contributed by atoms with Gasteiger partial charge in [0.1, 0.15) is 17.1 Å². The van der Waals surface area contributed by atoms with E-state index in [4.69, 9.17) is 23.2 Å². The number of carbonyl (C=O) groups excluding carboxylic acids is 1. The first-order valence-corrected chi connectivity index (χ1v) is 10.0. The molecule has 1 aromatic carbocycles. The minimum atomic E-state index is -4.77. The summed E-state index contributed by atoms with van der Waals surface area (Å²) >= 11 is 11.9. The highest BCUT2D eigenvalue weighted by Crippen LogP contribution is 2.42. The molecule has 1 aliphatic carbocycles. The Hall–Kier alpha value is -1.97. The largest absolute Gasteiger partial charge is 0.417 e. The Bertz CT molecular complexity index is 979. The molecule has 31 heavy (non-hydrogen) atoms. The zero-order valence-corrected chi connectivity index (χ0v) is 17.3. The van der Waals surface area contributed by atoms with Crippen molar-refractivity contribution in [2.45, 2.75) is 49.7 Å². The van der Waals surface area contributed by atoms with Crippen LogP contribution in [0.4, 0.5) is 22.0 Å². The number of carbonyl (C=O) groups is 1. The molecule has 1 heterocycles. The van der Waals surface area contributed by atoms with Gasteiger partial charge in [-0.1, -0.05) is 35.3 Å². The zero-order chi connectivity index (χ0) is 23.0. The van der Waals surface area contributed by atoms with Crippen molar-refractivity contribution in [3.63, 3.8) is 0 Å². The van der Waals surface area contributed by atoms with Gasteiger partial charge in [-0.2, -0.15) is 13.2 Å². The van der Waals surface area contributed by atoms with Gasteiger partial charge < -0.3 is 10.4 Å². The molecule has 1 unspecified atom stereocenters. The van der Waals surface area contributed by atoms with Crippen molar-refractivity contribution in [2.24, 2.45) is 0 Å². The quantitative estimate of drug-likeness (QED) is 0.436. The van der Waals surface area contributed by atoms with Gasteiger partial charge in [-0.3, -0.25) is 4.79 Å². The minimum absolute atomic E-state index is 0.00545. The summed E-state index contributed by atoms with van der Waals surface area (Å²) in [5.74, 6) is -1.90. The second-order valence-electron chi connectivity index (χ2n) is 7.39. The molecule has 0 spiro atoms. The summed E-state index contributed by atoms with van der Waals surface area (Å²) in [4.78, 5) is 16.3. The maximum Gasteiger partial charge on any atom is 0.417 e. The van der Waals surface area contributed by atoms with E-state index in [0.717, 1.165) is 6.07 Å². The molecule has 0 aliphatic heterocycles. The molecule has 1 fully saturated rings. The van der Waals surface area contributed by atoms with E-state index >= 15 is 0 Å². The highest BCUT2D eigenvalue weighted by Gasteiger charge is 2.43. The van der Waals surface area contributed by atoms with E-state index in [2.05, 4.69) is 10.3 Å². The summed E-state index contributed by atoms with van der Waals surface area (Å²) in [7, 11) is 0. The molecule has 1 saturated carbocycles. The van der Waals surface area contributed by atoms with Gasteiger partial charge in [0.05, 0.1) is 27.8 Å². The Balaban J connectivity index is 2.01. The summed E-state index contributed by atoms with van der Waals surface area (Å²) < 4.78 is 66.8. The van der Waals surface area contributed by atoms with Crippen LogP contribution in [0.1, 0.15) is 53.2 Å². The minimum Gasteiger partial charge on any atom is -0.387 e. The van der Waals surface area contributed by atoms with Gasteiger partial charge in [-0.15, -0.1) is 0 Å². The van der Waals surface area contributed by atoms with Gasteiger partial charge >= 0.3 is 6.18 Å². The molecule has 168 valence electrons. The fraction of sp³-hybridized carbons (Fsp3) is 0.400. The Kier molecular flexibility index (Phi) is 6.78. The second kappa shape index (κ2) is 8.88. The number of halogens is 7. The van der Waals surface area contributed by atoms with Crippen molar-refractivity contribution in [3.8, 4) is 0 Å². The van der Waals surface area contributed by atoms with E-state index in [1.165, 1.54) is 12.1 Å². The van der Waals surface area contributed by atoms with Crippen LogP contribution in [-0.2, 0) is 6.18 Å². The standard InChI is InChI=1S/C20H17Cl2F5N2O2/c21-15-12(2-1-3-14(15)24)16(19(31)6-4-11(23)5-7-19)29-18(30)13-8-10(20(25,26)27)9-28-17(13)22/h1-3,8-9,11,16,31H,4-7H2,(H,29,30)/t11-,16?,19-. The number of benzene rings is 1. The van der Waals surface area contributed by atoms with E-state index in [1.807, 2.05) is 0 Å². The van der Waals surface area contributed by atoms with E-state index < -0.39 is 52.0 Å². The molecule has 1 aromatic heterocycles. The van der Waals surface area contributed by atoms with Crippen molar-refractivity contribution in [1.29, 1.82) is 0 Å². The van der Waals surface area contributed by atoms with Crippen LogP contribution in [0, 0.1) is 5.82 Å². The fourth-order valence-electron chi connectivity index (χ4n) is 3.59. The Morgan fingerprint density at radius 2 is 1.90 bits per heavy atom. The lowest BCUT2D eigenvalue weighted by Crippen LogP contribution is -2.48. The van der Waals surface area contributed by atoms with Crippen molar-refractivity contribution in [1.82, 2.24) is 10.3 Å². The number of amides is 1. The van der Waals surface area contributed by atoms with E-state index in [1.54, 1.807) is 0 Å². The number of aromatic nitrogens is 1. The molecule has 1 atom stereocenters. The van der Waals surface area contributed by atoms with Crippen LogP contribution in [0.2, 0.25) is 10.2 Å². The van der Waals surface area contributed by atoms with E-state index in [-0.39, 0.29) is 36.3 Å². The Labute approximate surface area is 184 Å². The third-order valence-corrected chi connectivity index (χ3v) is 6.00. The zero-order valence-electron chi connectivity index (χ0n) is 15.8. The summed E-state index contributed by atoms with van der Waals surface area (Å²) in [5, 5.41) is 12.7. The SMILES string of the molecule is O=C(NC(c1cccc(F)c1Cl)[C@]1(O)CC[C@H](F)CC1)c1cc(C(F)(F)F)cnc1Cl. The first-order chi connectivity index (χ1) is 14.4. The van der Waals surface area contributed by atoms with Crippen molar-refractivity contribution < 1.29 is 31.9 Å². The van der Waals surface area contributed by atoms with Gasteiger partial charge in [-0.25, -0.2) is 13.8 Å². The molecule has 3 rings (SSSR count). The van der Waals surface area contributed by atoms with Gasteiger partial charge in [0.2, 0.25) is 0 Å². The smallest absolute Gasteiger partial charge is 0.387 e. The summed E-state index contributed by atoms with van der Waals surface area (Å²) in [5.41, 5.74) is -3.49. The number of pyridine rings is 1. The molecule has 1 amide bonds. The van der Waals surface area contributed by atoms with Crippen LogP contribution in [0.3, 0.4) is 0 Å². The molecule has 2 aromatic rings. The average molecular weight is 483 g/mol. The second-order valence-corrected chi connectivity index (χ2v) is 8.12. The van der Waals surface area contributed by atoms with Crippen LogP contribution in [-0.4, -0.2) is 27.8 Å². The van der Waals surface area contributed by atoms with Gasteiger partial charge in [-0.05, 0) is 43.4 Å². The molecule has 11 heteroatoms. The number of hydrogen-bond acceptors (Lipinski definition) is 3. The molecule has 1 aliphatic rings. The third kappa shape index (κ3) is 5.10. The number of hydrogen-bond donors (Lipinski definition) is 2. The van der Waals surface area contributed by atoms with Gasteiger partial charge in [0.25, 0.3) is 5.91 Å². The topological polar surface area (TPSA) is 62.2 Å². The van der Waals surface area contributed by atoms with Crippen LogP contribution >= 0.6 is 23.2 Å². The van der Waals surface area contributed by atoms with Crippen LogP contribution in [0.25, 0.3) is 0 Å². The predicted octanol–water partition coefficient (Wildman–Crippen LogP) is 5.66. The summed E-state index contributed by atoms with van der Waals surface area (Å²) in [6.45, 7) is 0. The molecule has 4 nitrogen and oxygen atoms in total. The normalized spacial score (nSPS) is 22.8. The molecule has 2 N–H and O–H groups in total. The number of nitrogens with one attached hydrogen (secondary N) is 1. The molecular weight excluding hydrogens is 466 g/mol. The van der Waals surface area contributed by atoms with Crippen molar-refractivity contribution >= 4 is 29.1 Å². The van der Waals surface area contributed by atoms with Crippen LogP contribution in [0.5, 0.6) is 0 Å².